The average Bonchev–Trinajstić information content (AvgIpc) is 2.48. The fourth-order valence-electron chi connectivity index (χ4n) is 2.69. The van der Waals surface area contributed by atoms with Crippen molar-refractivity contribution in [3.05, 3.63) is 28.3 Å². The summed E-state index contributed by atoms with van der Waals surface area (Å²) in [6.07, 6.45) is 0. The van der Waals surface area contributed by atoms with Crippen LogP contribution in [0.5, 0.6) is 0 Å². The van der Waals surface area contributed by atoms with Gasteiger partial charge in [0.2, 0.25) is 10.0 Å². The van der Waals surface area contributed by atoms with Gasteiger partial charge in [0.05, 0.1) is 4.92 Å². The molecule has 2 N–H and O–H groups in total. The number of hydrazine groups is 1. The smallest absolute Gasteiger partial charge is 0.304 e. The number of nitro benzene ring substituents is 1. The molecular weight excluding hydrogens is 322 g/mol. The number of hydrogen-bond acceptors (Lipinski definition) is 7. The van der Waals surface area contributed by atoms with Crippen molar-refractivity contribution in [1.29, 1.82) is 0 Å². The second-order valence-electron chi connectivity index (χ2n) is 5.40. The van der Waals surface area contributed by atoms with Gasteiger partial charge in [-0.25, -0.2) is 18.6 Å². The van der Waals surface area contributed by atoms with Crippen molar-refractivity contribution in [1.82, 2.24) is 9.91 Å². The molecule has 0 atom stereocenters. The molecular formula is C13H21N5O4S. The molecule has 1 aromatic rings. The second-order valence-corrected chi connectivity index (χ2v) is 6.93. The van der Waals surface area contributed by atoms with Gasteiger partial charge in [-0.2, -0.15) is 0 Å². The lowest BCUT2D eigenvalue weighted by Crippen LogP contribution is -2.53. The lowest BCUT2D eigenvalue weighted by molar-refractivity contribution is -0.387. The van der Waals surface area contributed by atoms with E-state index in [2.05, 4.69) is 4.90 Å². The first-order valence-electron chi connectivity index (χ1n) is 7.26. The highest BCUT2D eigenvalue weighted by atomic mass is 32.2. The first-order chi connectivity index (χ1) is 10.8. The maximum absolute atomic E-state index is 11.7. The van der Waals surface area contributed by atoms with E-state index >= 15 is 0 Å². The van der Waals surface area contributed by atoms with E-state index in [0.717, 1.165) is 19.2 Å². The first-order valence-corrected chi connectivity index (χ1v) is 8.81. The van der Waals surface area contributed by atoms with E-state index in [9.17, 15) is 18.5 Å². The molecule has 9 nitrogen and oxygen atoms in total. The first kappa shape index (κ1) is 17.6. The molecule has 1 aromatic carbocycles. The molecule has 1 aliphatic rings. The van der Waals surface area contributed by atoms with Crippen LogP contribution in [0.3, 0.4) is 0 Å². The van der Waals surface area contributed by atoms with Crippen LogP contribution in [0.1, 0.15) is 6.92 Å². The summed E-state index contributed by atoms with van der Waals surface area (Å²) in [4.78, 5) is 12.5. The van der Waals surface area contributed by atoms with Crippen molar-refractivity contribution >= 4 is 21.4 Å². The van der Waals surface area contributed by atoms with E-state index in [4.69, 9.17) is 5.14 Å². The van der Waals surface area contributed by atoms with Gasteiger partial charge in [0.25, 0.3) is 0 Å². The van der Waals surface area contributed by atoms with Crippen LogP contribution < -0.4 is 10.1 Å². The molecule has 0 radical (unpaired) electrons. The number of nitrogens with zero attached hydrogens (tertiary/aromatic N) is 4. The Balaban J connectivity index is 2.50. The largest absolute Gasteiger partial charge is 0.313 e. The zero-order chi connectivity index (χ0) is 17.2. The summed E-state index contributed by atoms with van der Waals surface area (Å²) in [6.45, 7) is 5.44. The van der Waals surface area contributed by atoms with Crippen LogP contribution in [0.25, 0.3) is 0 Å². The minimum atomic E-state index is -4.18. The third-order valence-electron chi connectivity index (χ3n) is 3.87. The van der Waals surface area contributed by atoms with Crippen molar-refractivity contribution < 1.29 is 13.3 Å². The lowest BCUT2D eigenvalue weighted by atomic mass is 10.2. The van der Waals surface area contributed by atoms with Crippen LogP contribution in [0.15, 0.2) is 23.1 Å². The number of nitro groups is 1. The Morgan fingerprint density at radius 1 is 1.30 bits per heavy atom. The minimum Gasteiger partial charge on any atom is -0.304 e. The van der Waals surface area contributed by atoms with Gasteiger partial charge in [-0.15, -0.1) is 0 Å². The molecule has 10 heteroatoms. The van der Waals surface area contributed by atoms with E-state index in [-0.39, 0.29) is 5.69 Å². The molecule has 1 saturated heterocycles. The highest BCUT2D eigenvalue weighted by molar-refractivity contribution is 7.89. The monoisotopic (exact) mass is 343 g/mol. The molecule has 0 aromatic heterocycles. The van der Waals surface area contributed by atoms with Crippen LogP contribution in [-0.4, -0.2) is 63.0 Å². The van der Waals surface area contributed by atoms with Gasteiger partial charge in [0.1, 0.15) is 5.69 Å². The van der Waals surface area contributed by atoms with Crippen molar-refractivity contribution in [3.8, 4) is 0 Å². The van der Waals surface area contributed by atoms with E-state index in [1.165, 1.54) is 6.07 Å². The maximum Gasteiger partial charge on any atom is 0.313 e. The molecule has 0 unspecified atom stereocenters. The summed E-state index contributed by atoms with van der Waals surface area (Å²) >= 11 is 0. The van der Waals surface area contributed by atoms with Crippen LogP contribution in [0.2, 0.25) is 0 Å². The Kier molecular flexibility index (Phi) is 5.19. The maximum atomic E-state index is 11.7. The summed E-state index contributed by atoms with van der Waals surface area (Å²) in [6, 6.07) is 4.18. The quantitative estimate of drug-likeness (QED) is 0.601. The number of likely N-dealkylation sites (N-methyl/N-ethyl adjacent to an activating group) is 1. The molecule has 1 heterocycles. The van der Waals surface area contributed by atoms with Crippen LogP contribution >= 0.6 is 0 Å². The van der Waals surface area contributed by atoms with Crippen LogP contribution in [0.4, 0.5) is 11.4 Å². The Labute approximate surface area is 135 Å². The number of para-hydroxylation sites is 1. The Hall–Kier alpha value is -1.75. The molecule has 1 aliphatic heterocycles. The third kappa shape index (κ3) is 3.78. The number of primary sulfonamides is 1. The molecule has 0 aliphatic carbocycles. The molecule has 2 rings (SSSR count). The van der Waals surface area contributed by atoms with Crippen LogP contribution in [-0.2, 0) is 10.0 Å². The Morgan fingerprint density at radius 2 is 1.91 bits per heavy atom. The zero-order valence-corrected chi connectivity index (χ0v) is 14.0. The molecule has 23 heavy (non-hydrogen) atoms. The standard InChI is InChI=1S/C13H21N5O4S/c1-3-17(16-9-7-15(2)8-10-16)11-5-4-6-12(23(14,21)22)13(11)18(19)20/h4-6H,3,7-10H2,1-2H3,(H2,14,21,22). The number of sulfonamides is 1. The summed E-state index contributed by atoms with van der Waals surface area (Å²) in [7, 11) is -2.17. The van der Waals surface area contributed by atoms with Crippen LogP contribution in [0, 0.1) is 10.1 Å². The van der Waals surface area contributed by atoms with E-state index < -0.39 is 25.5 Å². The van der Waals surface area contributed by atoms with Gasteiger partial charge in [-0.3, -0.25) is 15.1 Å². The highest BCUT2D eigenvalue weighted by Gasteiger charge is 2.31. The van der Waals surface area contributed by atoms with Crippen molar-refractivity contribution in [2.24, 2.45) is 5.14 Å². The van der Waals surface area contributed by atoms with Crippen molar-refractivity contribution in [3.63, 3.8) is 0 Å². The van der Waals surface area contributed by atoms with Gasteiger partial charge in [0, 0.05) is 32.7 Å². The summed E-state index contributed by atoms with van der Waals surface area (Å²) in [5, 5.41) is 20.4. The van der Waals surface area contributed by atoms with Gasteiger partial charge in [-0.1, -0.05) is 6.07 Å². The van der Waals surface area contributed by atoms with E-state index in [1.54, 1.807) is 11.1 Å². The molecule has 1 fully saturated rings. The number of anilines is 1. The number of hydrogen-bond donors (Lipinski definition) is 1. The zero-order valence-electron chi connectivity index (χ0n) is 13.2. The molecule has 0 amide bonds. The highest BCUT2D eigenvalue weighted by Crippen LogP contribution is 2.34. The summed E-state index contributed by atoms with van der Waals surface area (Å²) in [5.74, 6) is 0. The van der Waals surface area contributed by atoms with Crippen molar-refractivity contribution in [2.45, 2.75) is 11.8 Å². The van der Waals surface area contributed by atoms with Gasteiger partial charge >= 0.3 is 5.69 Å². The summed E-state index contributed by atoms with van der Waals surface area (Å²) < 4.78 is 23.4. The Morgan fingerprint density at radius 3 is 2.39 bits per heavy atom. The second kappa shape index (κ2) is 6.79. The number of piperazine rings is 1. The third-order valence-corrected chi connectivity index (χ3v) is 4.81. The van der Waals surface area contributed by atoms with Gasteiger partial charge in [0.15, 0.2) is 4.90 Å². The molecule has 0 saturated carbocycles. The lowest BCUT2D eigenvalue weighted by Gasteiger charge is -2.40. The SMILES string of the molecule is CCN(c1cccc(S(N)(=O)=O)c1[N+](=O)[O-])N1CCN(C)CC1. The predicted octanol–water partition coefficient (Wildman–Crippen LogP) is 0.231. The topological polar surface area (TPSA) is 113 Å². The molecule has 0 spiro atoms. The van der Waals surface area contributed by atoms with Gasteiger partial charge < -0.3 is 4.90 Å². The Bertz CT molecular complexity index is 686. The minimum absolute atomic E-state index is 0.244. The molecule has 0 bridgehead atoms. The fourth-order valence-corrected chi connectivity index (χ4v) is 3.41. The number of rotatable bonds is 5. The predicted molar refractivity (Wildman–Crippen MR) is 86.6 cm³/mol. The van der Waals surface area contributed by atoms with Gasteiger partial charge in [-0.05, 0) is 26.1 Å². The normalized spacial score (nSPS) is 17.2. The van der Waals surface area contributed by atoms with E-state index in [0.29, 0.717) is 19.6 Å². The summed E-state index contributed by atoms with van der Waals surface area (Å²) in [5.41, 5.74) is -0.232. The number of benzene rings is 1. The van der Waals surface area contributed by atoms with E-state index in [1.807, 2.05) is 19.0 Å². The van der Waals surface area contributed by atoms with Crippen molar-refractivity contribution in [2.75, 3.05) is 44.8 Å². The fraction of sp³-hybridized carbons (Fsp3) is 0.538. The average molecular weight is 343 g/mol. The number of nitrogens with two attached hydrogens (primary N) is 1. The molecule has 128 valence electrons.